The molecule has 0 saturated carbocycles. The number of hydrogen-bond acceptors (Lipinski definition) is 6. The van der Waals surface area contributed by atoms with E-state index in [1.54, 1.807) is 33.1 Å². The number of nitrogens with zero attached hydrogens (tertiary/aromatic N) is 1. The highest BCUT2D eigenvalue weighted by Gasteiger charge is 2.29. The summed E-state index contributed by atoms with van der Waals surface area (Å²) in [4.78, 5) is 13.1. The number of carbonyl (C=O) groups is 1. The number of furan rings is 1. The van der Waals surface area contributed by atoms with Crippen molar-refractivity contribution in [1.82, 2.24) is 4.31 Å². The molecule has 1 atom stereocenters. The van der Waals surface area contributed by atoms with Crippen LogP contribution >= 0.6 is 0 Å². The fourth-order valence-electron chi connectivity index (χ4n) is 4.74. The van der Waals surface area contributed by atoms with Crippen molar-refractivity contribution in [1.29, 1.82) is 0 Å². The molecule has 4 rings (SSSR count). The second kappa shape index (κ2) is 12.3. The van der Waals surface area contributed by atoms with Gasteiger partial charge in [-0.3, -0.25) is 4.21 Å². The van der Waals surface area contributed by atoms with Crippen molar-refractivity contribution < 1.29 is 26.6 Å². The molecule has 1 unspecified atom stereocenters. The lowest BCUT2D eigenvalue weighted by Gasteiger charge is -2.24. The van der Waals surface area contributed by atoms with Crippen molar-refractivity contribution in [2.75, 3.05) is 12.9 Å². The van der Waals surface area contributed by atoms with Gasteiger partial charge in [0.2, 0.25) is 15.8 Å². The Hall–Kier alpha value is -3.53. The normalized spacial score (nSPS) is 12.4. The Kier molecular flexibility index (Phi) is 9.08. The van der Waals surface area contributed by atoms with Crippen LogP contribution in [0.1, 0.15) is 45.5 Å². The smallest absolute Gasteiger partial charge is 0.374 e. The second-order valence-corrected chi connectivity index (χ2v) is 12.9. The van der Waals surface area contributed by atoms with Gasteiger partial charge in [-0.2, -0.15) is 4.31 Å². The van der Waals surface area contributed by atoms with Gasteiger partial charge in [0, 0.05) is 28.5 Å². The lowest BCUT2D eigenvalue weighted by Crippen LogP contribution is -2.31. The van der Waals surface area contributed by atoms with E-state index in [2.05, 4.69) is 0 Å². The fraction of sp³-hybridized carbons (Fsp3) is 0.258. The Morgan fingerprint density at radius 3 is 2.20 bits per heavy atom. The number of hydrogen-bond donors (Lipinski definition) is 0. The van der Waals surface area contributed by atoms with Crippen molar-refractivity contribution in [3.8, 4) is 11.1 Å². The molecule has 9 heteroatoms. The number of rotatable bonds is 10. The Morgan fingerprint density at radius 2 is 1.57 bits per heavy atom. The van der Waals surface area contributed by atoms with Crippen LogP contribution < -0.4 is 0 Å². The summed E-state index contributed by atoms with van der Waals surface area (Å²) in [5.41, 5.74) is 4.95. The third-order valence-corrected chi connectivity index (χ3v) is 9.50. The van der Waals surface area contributed by atoms with Gasteiger partial charge in [-0.05, 0) is 79.8 Å². The first-order chi connectivity index (χ1) is 19.0. The molecule has 0 amide bonds. The quantitative estimate of drug-likeness (QED) is 0.208. The third-order valence-electron chi connectivity index (χ3n) is 6.49. The van der Waals surface area contributed by atoms with E-state index in [1.807, 2.05) is 67.6 Å². The van der Waals surface area contributed by atoms with E-state index in [4.69, 9.17) is 9.15 Å². The minimum Gasteiger partial charge on any atom is -0.460 e. The van der Waals surface area contributed by atoms with Gasteiger partial charge in [0.15, 0.2) is 0 Å². The number of sulfonamides is 1. The zero-order chi connectivity index (χ0) is 29.0. The van der Waals surface area contributed by atoms with Gasteiger partial charge >= 0.3 is 5.97 Å². The molecule has 0 bridgehead atoms. The van der Waals surface area contributed by atoms with Gasteiger partial charge in [-0.15, -0.1) is 0 Å². The Morgan fingerprint density at radius 1 is 0.900 bits per heavy atom. The van der Waals surface area contributed by atoms with Crippen molar-refractivity contribution in [2.45, 2.75) is 50.6 Å². The molecular formula is C31H33NO6S2. The first kappa shape index (κ1) is 29.5. The Labute approximate surface area is 238 Å². The highest BCUT2D eigenvalue weighted by atomic mass is 32.2. The molecule has 4 aromatic rings. The summed E-state index contributed by atoms with van der Waals surface area (Å²) in [5, 5.41) is 0. The summed E-state index contributed by atoms with van der Waals surface area (Å²) in [7, 11) is -5.04. The molecule has 0 aliphatic heterocycles. The van der Waals surface area contributed by atoms with Crippen LogP contribution in [-0.2, 0) is 38.6 Å². The van der Waals surface area contributed by atoms with Gasteiger partial charge in [0.05, 0.1) is 18.0 Å². The number of ether oxygens (including phenoxy) is 1. The lowest BCUT2D eigenvalue weighted by molar-refractivity contribution is 0.0487. The predicted molar refractivity (Wildman–Crippen MR) is 156 cm³/mol. The molecule has 7 nitrogen and oxygen atoms in total. The number of aryl methyl sites for hydroxylation is 3. The average Bonchev–Trinajstić information content (AvgIpc) is 3.37. The summed E-state index contributed by atoms with van der Waals surface area (Å²) in [5.74, 6) is -0.244. The van der Waals surface area contributed by atoms with Crippen LogP contribution in [0.4, 0.5) is 0 Å². The zero-order valence-electron chi connectivity index (χ0n) is 23.3. The van der Waals surface area contributed by atoms with E-state index in [1.165, 1.54) is 10.4 Å². The summed E-state index contributed by atoms with van der Waals surface area (Å²) in [6, 6.07) is 21.9. The van der Waals surface area contributed by atoms with E-state index in [0.717, 1.165) is 27.1 Å². The Balaban J connectivity index is 1.69. The molecule has 0 radical (unpaired) electrons. The molecule has 1 aromatic heterocycles. The average molecular weight is 580 g/mol. The zero-order valence-corrected chi connectivity index (χ0v) is 24.9. The summed E-state index contributed by atoms with van der Waals surface area (Å²) in [6.45, 7) is 7.45. The number of carbonyl (C=O) groups excluding carboxylic acids is 1. The summed E-state index contributed by atoms with van der Waals surface area (Å²) in [6.07, 6.45) is 1.64. The lowest BCUT2D eigenvalue weighted by atomic mass is 10.0. The van der Waals surface area contributed by atoms with Gasteiger partial charge < -0.3 is 9.15 Å². The van der Waals surface area contributed by atoms with E-state index >= 15 is 0 Å². The summed E-state index contributed by atoms with van der Waals surface area (Å²) < 4.78 is 52.1. The van der Waals surface area contributed by atoms with Crippen LogP contribution in [0.2, 0.25) is 0 Å². The molecule has 0 aliphatic carbocycles. The highest BCUT2D eigenvalue weighted by molar-refractivity contribution is 7.89. The molecule has 1 heterocycles. The number of benzene rings is 3. The van der Waals surface area contributed by atoms with Gasteiger partial charge in [-0.25, -0.2) is 13.2 Å². The minimum atomic E-state index is -3.95. The van der Waals surface area contributed by atoms with Crippen molar-refractivity contribution in [2.24, 2.45) is 0 Å². The standard InChI is InChI=1S/C31H33NO6S2/c1-6-37-31(33)29-15-14-27(38-29)20-32(40(35,36)30-22(3)16-21(2)17-23(30)4)19-24-10-12-25(13-11-24)26-8-7-9-28(18-26)39(5)34/h7-18H,6,19-20H2,1-5H3. The number of esters is 1. The maximum atomic E-state index is 14.1. The monoisotopic (exact) mass is 579 g/mol. The van der Waals surface area contributed by atoms with Crippen LogP contribution in [0.5, 0.6) is 0 Å². The van der Waals surface area contributed by atoms with Crippen LogP contribution in [-0.4, -0.2) is 35.8 Å². The highest BCUT2D eigenvalue weighted by Crippen LogP contribution is 2.29. The predicted octanol–water partition coefficient (Wildman–Crippen LogP) is 6.18. The van der Waals surface area contributed by atoms with Crippen LogP contribution in [0.25, 0.3) is 11.1 Å². The van der Waals surface area contributed by atoms with E-state index in [-0.39, 0.29) is 30.4 Å². The Bertz CT molecular complexity index is 1630. The van der Waals surface area contributed by atoms with Crippen molar-refractivity contribution in [3.63, 3.8) is 0 Å². The van der Waals surface area contributed by atoms with Crippen molar-refractivity contribution >= 4 is 26.8 Å². The molecule has 40 heavy (non-hydrogen) atoms. The largest absolute Gasteiger partial charge is 0.460 e. The van der Waals surface area contributed by atoms with Crippen LogP contribution in [0, 0.1) is 20.8 Å². The second-order valence-electron chi connectivity index (χ2n) is 9.67. The molecule has 0 fully saturated rings. The molecule has 210 valence electrons. The minimum absolute atomic E-state index is 0.0245. The molecule has 3 aromatic carbocycles. The molecule has 0 aliphatic rings. The third kappa shape index (κ3) is 6.60. The molecule has 0 saturated heterocycles. The van der Waals surface area contributed by atoms with Gasteiger partial charge in [-0.1, -0.05) is 54.1 Å². The molecular weight excluding hydrogens is 546 g/mol. The topological polar surface area (TPSA) is 93.9 Å². The maximum Gasteiger partial charge on any atom is 0.374 e. The van der Waals surface area contributed by atoms with E-state index < -0.39 is 26.8 Å². The van der Waals surface area contributed by atoms with Gasteiger partial charge in [0.1, 0.15) is 5.76 Å². The molecule has 0 spiro atoms. The van der Waals surface area contributed by atoms with Crippen LogP contribution in [0.3, 0.4) is 0 Å². The van der Waals surface area contributed by atoms with Crippen molar-refractivity contribution in [3.05, 3.63) is 107 Å². The van der Waals surface area contributed by atoms with Crippen LogP contribution in [0.15, 0.2) is 87.0 Å². The first-order valence-electron chi connectivity index (χ1n) is 12.9. The first-order valence-corrected chi connectivity index (χ1v) is 15.9. The SMILES string of the molecule is CCOC(=O)c1ccc(CN(Cc2ccc(-c3cccc(S(C)=O)c3)cc2)S(=O)(=O)c2c(C)cc(C)cc2C)o1. The van der Waals surface area contributed by atoms with E-state index in [9.17, 15) is 17.4 Å². The van der Waals surface area contributed by atoms with Gasteiger partial charge in [0.25, 0.3) is 0 Å². The maximum absolute atomic E-state index is 14.1. The summed E-state index contributed by atoms with van der Waals surface area (Å²) >= 11 is 0. The molecule has 0 N–H and O–H groups in total. The van der Waals surface area contributed by atoms with E-state index in [0.29, 0.717) is 16.9 Å². The fourth-order valence-corrected chi connectivity index (χ4v) is 7.11.